The van der Waals surface area contributed by atoms with Crippen molar-refractivity contribution in [1.82, 2.24) is 14.8 Å². The Labute approximate surface area is 243 Å². The minimum absolute atomic E-state index is 0.0000255. The van der Waals surface area contributed by atoms with E-state index in [0.29, 0.717) is 28.2 Å². The van der Waals surface area contributed by atoms with E-state index in [4.69, 9.17) is 4.42 Å². The largest absolute Gasteiger partial charge is 0.423 e. The number of piperazine rings is 1. The molecule has 0 bridgehead atoms. The van der Waals surface area contributed by atoms with Crippen LogP contribution in [-0.4, -0.2) is 80.0 Å². The number of nitrogens with one attached hydrogen (secondary N) is 1. The third-order valence-corrected chi connectivity index (χ3v) is 10.2. The van der Waals surface area contributed by atoms with E-state index in [2.05, 4.69) is 32.2 Å². The maximum Gasteiger partial charge on any atom is 0.300 e. The third kappa shape index (κ3) is 5.73. The Balaban J connectivity index is 1.06. The van der Waals surface area contributed by atoms with Crippen LogP contribution in [-0.2, 0) is 16.4 Å². The Kier molecular flexibility index (Phi) is 7.11. The Morgan fingerprint density at radius 1 is 0.905 bits per heavy atom. The second-order valence-electron chi connectivity index (χ2n) is 11.4. The summed E-state index contributed by atoms with van der Waals surface area (Å²) in [5.41, 5.74) is 3.82. The van der Waals surface area contributed by atoms with Gasteiger partial charge < -0.3 is 14.6 Å². The van der Waals surface area contributed by atoms with Crippen LogP contribution in [0.2, 0.25) is 0 Å². The first-order chi connectivity index (χ1) is 20.3. The number of benzene rings is 3. The lowest BCUT2D eigenvalue weighted by Gasteiger charge is -2.36. The molecule has 0 radical (unpaired) electrons. The van der Waals surface area contributed by atoms with Crippen molar-refractivity contribution < 1.29 is 21.6 Å². The number of aromatic nitrogens is 1. The molecule has 0 amide bonds. The van der Waals surface area contributed by atoms with Gasteiger partial charge in [-0.25, -0.2) is 17.2 Å². The molecule has 2 saturated heterocycles. The van der Waals surface area contributed by atoms with E-state index in [9.17, 15) is 8.42 Å². The summed E-state index contributed by atoms with van der Waals surface area (Å²) in [6, 6.07) is 17.2. The lowest BCUT2D eigenvalue weighted by Crippen LogP contribution is -2.47. The molecule has 3 aromatic carbocycles. The fourth-order valence-electron chi connectivity index (χ4n) is 5.94. The van der Waals surface area contributed by atoms with Crippen molar-refractivity contribution in [3.8, 4) is 11.1 Å². The molecule has 11 heteroatoms. The molecule has 8 nitrogen and oxygen atoms in total. The van der Waals surface area contributed by atoms with E-state index < -0.39 is 21.5 Å². The van der Waals surface area contributed by atoms with Gasteiger partial charge in [0.2, 0.25) is 0 Å². The number of nitrogens with zero attached hydrogens (tertiary/aromatic N) is 4. The van der Waals surface area contributed by atoms with E-state index in [0.717, 1.165) is 37.9 Å². The zero-order chi connectivity index (χ0) is 28.8. The summed E-state index contributed by atoms with van der Waals surface area (Å²) in [6.45, 7) is 4.81. The molecule has 0 atom stereocenters. The van der Waals surface area contributed by atoms with Gasteiger partial charge in [-0.05, 0) is 60.9 Å². The molecule has 3 heterocycles. The lowest BCUT2D eigenvalue weighted by molar-refractivity contribution is 0.248. The van der Waals surface area contributed by atoms with Crippen LogP contribution in [0.1, 0.15) is 18.4 Å². The van der Waals surface area contributed by atoms with E-state index >= 15 is 8.78 Å². The van der Waals surface area contributed by atoms with Gasteiger partial charge in [0.05, 0.1) is 11.5 Å². The molecule has 1 N–H and O–H groups in total. The van der Waals surface area contributed by atoms with Crippen molar-refractivity contribution in [3.05, 3.63) is 71.8 Å². The van der Waals surface area contributed by atoms with Crippen LogP contribution in [0.5, 0.6) is 0 Å². The summed E-state index contributed by atoms with van der Waals surface area (Å²) >= 11 is 0. The summed E-state index contributed by atoms with van der Waals surface area (Å²) in [5, 5.41) is 3.21. The number of rotatable bonds is 7. The van der Waals surface area contributed by atoms with Crippen molar-refractivity contribution in [2.24, 2.45) is 0 Å². The first-order valence-electron chi connectivity index (χ1n) is 14.5. The number of sulfone groups is 1. The van der Waals surface area contributed by atoms with Gasteiger partial charge in [0, 0.05) is 74.4 Å². The lowest BCUT2D eigenvalue weighted by atomic mass is 10.0. The monoisotopic (exact) mass is 593 g/mol. The van der Waals surface area contributed by atoms with E-state index in [1.165, 1.54) is 30.7 Å². The van der Waals surface area contributed by atoms with Crippen LogP contribution in [0.3, 0.4) is 0 Å². The predicted molar refractivity (Wildman–Crippen MR) is 160 cm³/mol. The number of oxazole rings is 1. The molecule has 3 fully saturated rings. The number of anilines is 3. The number of para-hydroxylation sites is 1. The van der Waals surface area contributed by atoms with Gasteiger partial charge in [0.15, 0.2) is 15.4 Å². The normalized spacial score (nSPS) is 19.8. The van der Waals surface area contributed by atoms with Crippen molar-refractivity contribution >= 4 is 38.3 Å². The predicted octanol–water partition coefficient (Wildman–Crippen LogP) is 5.03. The summed E-state index contributed by atoms with van der Waals surface area (Å²) in [4.78, 5) is 11.3. The Bertz CT molecular complexity index is 1680. The van der Waals surface area contributed by atoms with Gasteiger partial charge in [0.25, 0.3) is 6.01 Å². The number of halogens is 2. The van der Waals surface area contributed by atoms with Crippen molar-refractivity contribution in [2.45, 2.75) is 25.4 Å². The van der Waals surface area contributed by atoms with Gasteiger partial charge in [-0.2, -0.15) is 4.98 Å². The smallest absolute Gasteiger partial charge is 0.300 e. The molecule has 1 saturated carbocycles. The maximum absolute atomic E-state index is 15.2. The molecule has 2 aliphatic heterocycles. The topological polar surface area (TPSA) is 81.9 Å². The van der Waals surface area contributed by atoms with Gasteiger partial charge in [-0.15, -0.1) is 0 Å². The molecule has 0 spiro atoms. The first-order valence-corrected chi connectivity index (χ1v) is 16.3. The van der Waals surface area contributed by atoms with Gasteiger partial charge in [0.1, 0.15) is 17.2 Å². The van der Waals surface area contributed by atoms with Gasteiger partial charge in [-0.3, -0.25) is 9.80 Å². The van der Waals surface area contributed by atoms with Crippen LogP contribution in [0.15, 0.2) is 59.0 Å². The van der Waals surface area contributed by atoms with Crippen LogP contribution in [0.4, 0.5) is 26.2 Å². The van der Waals surface area contributed by atoms with Crippen molar-refractivity contribution in [2.75, 3.05) is 61.0 Å². The van der Waals surface area contributed by atoms with E-state index in [1.807, 2.05) is 12.1 Å². The molecule has 42 heavy (non-hydrogen) atoms. The van der Waals surface area contributed by atoms with E-state index in [-0.39, 0.29) is 36.7 Å². The highest BCUT2D eigenvalue weighted by Gasteiger charge is 2.31. The molecule has 1 aliphatic carbocycles. The molecule has 7 rings (SSSR count). The third-order valence-electron chi connectivity index (χ3n) is 8.55. The highest BCUT2D eigenvalue weighted by molar-refractivity contribution is 7.91. The summed E-state index contributed by atoms with van der Waals surface area (Å²) < 4.78 is 59.8. The van der Waals surface area contributed by atoms with Crippen LogP contribution >= 0.6 is 0 Å². The number of fused-ring (bicyclic) bond motifs is 1. The average Bonchev–Trinajstić information content (AvgIpc) is 3.75. The highest BCUT2D eigenvalue weighted by atomic mass is 32.2. The van der Waals surface area contributed by atoms with Crippen LogP contribution < -0.4 is 10.2 Å². The van der Waals surface area contributed by atoms with Crippen LogP contribution in [0.25, 0.3) is 22.2 Å². The summed E-state index contributed by atoms with van der Waals surface area (Å²) in [6.07, 6.45) is 2.68. The fraction of sp³-hybridized carbons (Fsp3) is 0.387. The molecular weight excluding hydrogens is 560 g/mol. The SMILES string of the molecule is O=S1(=O)CCN(Cc2c(F)cc(-c3cccc4nc(Nc5ccc(N6CCN(C7CC7)CC6)cc5)oc34)cc2F)CC1. The standard InChI is InChI=1S/C31H33F2N5O3S/c32-27-18-21(19-28(33)26(27)20-36-14-16-42(39,40)17-15-36)25-2-1-3-29-30(25)41-31(35-29)34-22-4-6-23(7-5-22)37-10-12-38(13-11-37)24-8-9-24/h1-7,18-19,24H,8-17,20H2,(H,34,35). The Hall–Kier alpha value is -3.54. The molecule has 0 unspecified atom stereocenters. The Morgan fingerprint density at radius 2 is 1.60 bits per heavy atom. The minimum Gasteiger partial charge on any atom is -0.423 e. The van der Waals surface area contributed by atoms with Crippen LogP contribution in [0, 0.1) is 11.6 Å². The zero-order valence-electron chi connectivity index (χ0n) is 23.2. The molecule has 1 aromatic heterocycles. The quantitative estimate of drug-likeness (QED) is 0.320. The second-order valence-corrected chi connectivity index (χ2v) is 13.7. The molecular formula is C31H33F2N5O3S. The first kappa shape index (κ1) is 27.3. The fourth-order valence-corrected chi connectivity index (χ4v) is 7.21. The minimum atomic E-state index is -3.07. The number of hydrogen-bond donors (Lipinski definition) is 1. The number of hydrogen-bond acceptors (Lipinski definition) is 8. The highest BCUT2D eigenvalue weighted by Crippen LogP contribution is 2.34. The van der Waals surface area contributed by atoms with Crippen molar-refractivity contribution in [1.29, 1.82) is 0 Å². The Morgan fingerprint density at radius 3 is 2.26 bits per heavy atom. The summed E-state index contributed by atoms with van der Waals surface area (Å²) in [5.74, 6) is -1.36. The van der Waals surface area contributed by atoms with Gasteiger partial charge in [-0.1, -0.05) is 12.1 Å². The molecule has 3 aliphatic rings. The average molecular weight is 594 g/mol. The summed E-state index contributed by atoms with van der Waals surface area (Å²) in [7, 11) is -3.07. The molecule has 4 aromatic rings. The van der Waals surface area contributed by atoms with Crippen molar-refractivity contribution in [3.63, 3.8) is 0 Å². The zero-order valence-corrected chi connectivity index (χ0v) is 24.0. The van der Waals surface area contributed by atoms with E-state index in [1.54, 1.807) is 23.1 Å². The molecule has 220 valence electrons. The second kappa shape index (κ2) is 10.9. The maximum atomic E-state index is 15.2. The van der Waals surface area contributed by atoms with Gasteiger partial charge >= 0.3 is 0 Å².